The second kappa shape index (κ2) is 7.90. The molecule has 2 aromatic heterocycles. The van der Waals surface area contributed by atoms with E-state index in [-0.39, 0.29) is 11.7 Å². The lowest BCUT2D eigenvalue weighted by Gasteiger charge is -2.07. The van der Waals surface area contributed by atoms with E-state index in [1.54, 1.807) is 24.9 Å². The second-order valence-electron chi connectivity index (χ2n) is 7.03. The van der Waals surface area contributed by atoms with Crippen molar-refractivity contribution in [2.45, 2.75) is 19.9 Å². The van der Waals surface area contributed by atoms with Crippen molar-refractivity contribution in [1.82, 2.24) is 19.7 Å². The zero-order valence-electron chi connectivity index (χ0n) is 17.2. The summed E-state index contributed by atoms with van der Waals surface area (Å²) in [5, 5.41) is 4.05. The molecular weight excluding hydrogens is 384 g/mol. The number of nitrogens with one attached hydrogen (secondary N) is 1. The maximum Gasteiger partial charge on any atom is 0.326 e. The molecule has 0 saturated heterocycles. The quantitative estimate of drug-likeness (QED) is 0.517. The van der Waals surface area contributed by atoms with E-state index in [1.807, 2.05) is 56.3 Å². The Kier molecular flexibility index (Phi) is 5.14. The molecule has 154 valence electrons. The molecule has 8 nitrogen and oxygen atoms in total. The Morgan fingerprint density at radius 3 is 2.60 bits per heavy atom. The molecule has 0 saturated carbocycles. The lowest BCUT2D eigenvalue weighted by Crippen LogP contribution is -2.18. The molecule has 0 amide bonds. The van der Waals surface area contributed by atoms with Crippen LogP contribution in [0.5, 0.6) is 11.5 Å². The van der Waals surface area contributed by atoms with E-state index in [2.05, 4.69) is 15.1 Å². The van der Waals surface area contributed by atoms with Crippen molar-refractivity contribution in [3.05, 3.63) is 58.3 Å². The first-order valence-corrected chi connectivity index (χ1v) is 9.48. The van der Waals surface area contributed by atoms with Crippen LogP contribution in [0, 0.1) is 0 Å². The molecule has 2 heterocycles. The van der Waals surface area contributed by atoms with Gasteiger partial charge < -0.3 is 19.0 Å². The van der Waals surface area contributed by atoms with Gasteiger partial charge in [-0.15, -0.1) is 0 Å². The van der Waals surface area contributed by atoms with Crippen molar-refractivity contribution in [1.29, 1.82) is 0 Å². The van der Waals surface area contributed by atoms with E-state index >= 15 is 0 Å². The van der Waals surface area contributed by atoms with E-state index < -0.39 is 0 Å². The summed E-state index contributed by atoms with van der Waals surface area (Å²) in [4.78, 5) is 19.5. The van der Waals surface area contributed by atoms with Gasteiger partial charge in [0.1, 0.15) is 0 Å². The molecular formula is C22H22N4O4. The van der Waals surface area contributed by atoms with Crippen LogP contribution in [0.1, 0.15) is 31.3 Å². The fourth-order valence-electron chi connectivity index (χ4n) is 3.33. The Labute approximate surface area is 172 Å². The predicted molar refractivity (Wildman–Crippen MR) is 115 cm³/mol. The number of fused-ring (bicyclic) bond motifs is 1. The van der Waals surface area contributed by atoms with Crippen molar-refractivity contribution in [2.24, 2.45) is 0 Å². The summed E-state index contributed by atoms with van der Waals surface area (Å²) in [5.41, 5.74) is 3.11. The zero-order valence-corrected chi connectivity index (χ0v) is 17.2. The van der Waals surface area contributed by atoms with Crippen LogP contribution in [-0.2, 0) is 0 Å². The zero-order chi connectivity index (χ0) is 21.3. The van der Waals surface area contributed by atoms with Crippen molar-refractivity contribution in [3.63, 3.8) is 0 Å². The number of imidazole rings is 1. The number of aromatic nitrogens is 4. The van der Waals surface area contributed by atoms with Gasteiger partial charge >= 0.3 is 5.69 Å². The van der Waals surface area contributed by atoms with Gasteiger partial charge in [-0.05, 0) is 55.8 Å². The molecule has 0 atom stereocenters. The molecule has 0 bridgehead atoms. The molecule has 0 spiro atoms. The van der Waals surface area contributed by atoms with Crippen LogP contribution in [0.3, 0.4) is 0 Å². The fourth-order valence-corrected chi connectivity index (χ4v) is 3.33. The lowest BCUT2D eigenvalue weighted by atomic mass is 10.2. The highest BCUT2D eigenvalue weighted by Gasteiger charge is 2.13. The summed E-state index contributed by atoms with van der Waals surface area (Å²) < 4.78 is 17.6. The third-order valence-corrected chi connectivity index (χ3v) is 4.76. The minimum atomic E-state index is -0.135. The SMILES string of the molecule is COc1ccc(/C=C/c2nc(-c3ccc4c(c3)[nH]c(=O)n4C(C)C)no2)cc1OC. The van der Waals surface area contributed by atoms with E-state index in [9.17, 15) is 4.79 Å². The third kappa shape index (κ3) is 3.59. The van der Waals surface area contributed by atoms with Gasteiger partial charge in [0.05, 0.1) is 25.3 Å². The van der Waals surface area contributed by atoms with Gasteiger partial charge in [0.25, 0.3) is 5.89 Å². The number of hydrogen-bond donors (Lipinski definition) is 1. The number of rotatable bonds is 6. The predicted octanol–water partition coefficient (Wildman–Crippen LogP) is 4.15. The van der Waals surface area contributed by atoms with Gasteiger partial charge in [-0.25, -0.2) is 4.79 Å². The molecule has 4 aromatic rings. The summed E-state index contributed by atoms with van der Waals surface area (Å²) in [6.45, 7) is 3.94. The van der Waals surface area contributed by atoms with E-state index in [0.717, 1.165) is 22.2 Å². The summed E-state index contributed by atoms with van der Waals surface area (Å²) in [7, 11) is 3.19. The van der Waals surface area contributed by atoms with Crippen LogP contribution in [0.15, 0.2) is 45.7 Å². The Morgan fingerprint density at radius 1 is 1.07 bits per heavy atom. The molecule has 0 fully saturated rings. The largest absolute Gasteiger partial charge is 0.493 e. The molecule has 0 aliphatic rings. The van der Waals surface area contributed by atoms with Crippen LogP contribution >= 0.6 is 0 Å². The lowest BCUT2D eigenvalue weighted by molar-refractivity contribution is 0.355. The van der Waals surface area contributed by atoms with Crippen molar-refractivity contribution < 1.29 is 14.0 Å². The van der Waals surface area contributed by atoms with Gasteiger partial charge in [-0.3, -0.25) is 4.57 Å². The molecule has 1 N–H and O–H groups in total. The topological polar surface area (TPSA) is 95.2 Å². The normalized spacial score (nSPS) is 11.6. The maximum atomic E-state index is 12.2. The number of ether oxygens (including phenoxy) is 2. The summed E-state index contributed by atoms with van der Waals surface area (Å²) in [5.74, 6) is 2.12. The third-order valence-electron chi connectivity index (χ3n) is 4.76. The summed E-state index contributed by atoms with van der Waals surface area (Å²) in [6.07, 6.45) is 3.58. The number of H-pyrrole nitrogens is 1. The number of methoxy groups -OCH3 is 2. The Bertz CT molecular complexity index is 1280. The standard InChI is InChI=1S/C22H22N4O4/c1-13(2)26-17-8-7-15(12-16(17)23-22(26)27)21-24-20(30-25-21)10-6-14-5-9-18(28-3)19(11-14)29-4/h5-13H,1-4H3,(H,23,27)/b10-6+. The molecule has 0 unspecified atom stereocenters. The highest BCUT2D eigenvalue weighted by Crippen LogP contribution is 2.28. The van der Waals surface area contributed by atoms with Crippen molar-refractivity contribution in [2.75, 3.05) is 14.2 Å². The molecule has 2 aromatic carbocycles. The molecule has 4 rings (SSSR count). The summed E-state index contributed by atoms with van der Waals surface area (Å²) in [6, 6.07) is 11.3. The molecule has 8 heteroatoms. The Morgan fingerprint density at radius 2 is 1.87 bits per heavy atom. The van der Waals surface area contributed by atoms with Crippen LogP contribution < -0.4 is 15.2 Å². The van der Waals surface area contributed by atoms with E-state index in [1.165, 1.54) is 0 Å². The molecule has 30 heavy (non-hydrogen) atoms. The minimum absolute atomic E-state index is 0.0654. The summed E-state index contributed by atoms with van der Waals surface area (Å²) >= 11 is 0. The molecule has 0 aliphatic heterocycles. The Balaban J connectivity index is 1.60. The average molecular weight is 406 g/mol. The van der Waals surface area contributed by atoms with Gasteiger partial charge in [-0.1, -0.05) is 11.2 Å². The monoisotopic (exact) mass is 406 g/mol. The van der Waals surface area contributed by atoms with Gasteiger partial charge in [0, 0.05) is 17.7 Å². The minimum Gasteiger partial charge on any atom is -0.493 e. The molecule has 0 aliphatic carbocycles. The highest BCUT2D eigenvalue weighted by molar-refractivity contribution is 5.81. The first kappa shape index (κ1) is 19.5. The highest BCUT2D eigenvalue weighted by atomic mass is 16.5. The maximum absolute atomic E-state index is 12.2. The van der Waals surface area contributed by atoms with Crippen LogP contribution in [0.4, 0.5) is 0 Å². The van der Waals surface area contributed by atoms with Crippen LogP contribution in [0.2, 0.25) is 0 Å². The van der Waals surface area contributed by atoms with E-state index in [4.69, 9.17) is 14.0 Å². The smallest absolute Gasteiger partial charge is 0.326 e. The second-order valence-corrected chi connectivity index (χ2v) is 7.03. The number of benzene rings is 2. The van der Waals surface area contributed by atoms with Crippen molar-refractivity contribution in [3.8, 4) is 22.9 Å². The van der Waals surface area contributed by atoms with Gasteiger partial charge in [-0.2, -0.15) is 4.98 Å². The van der Waals surface area contributed by atoms with E-state index in [0.29, 0.717) is 23.2 Å². The van der Waals surface area contributed by atoms with Crippen molar-refractivity contribution >= 4 is 23.2 Å². The van der Waals surface area contributed by atoms with Gasteiger partial charge in [0.15, 0.2) is 11.5 Å². The Hall–Kier alpha value is -3.81. The average Bonchev–Trinajstić information content (AvgIpc) is 3.34. The number of hydrogen-bond acceptors (Lipinski definition) is 6. The molecule has 0 radical (unpaired) electrons. The first-order chi connectivity index (χ1) is 14.5. The van der Waals surface area contributed by atoms with Gasteiger partial charge in [0.2, 0.25) is 5.82 Å². The fraction of sp³-hybridized carbons (Fsp3) is 0.227. The number of aromatic amines is 1. The number of nitrogens with zero attached hydrogens (tertiary/aromatic N) is 3. The van der Waals surface area contributed by atoms with Crippen LogP contribution in [0.25, 0.3) is 34.6 Å². The first-order valence-electron chi connectivity index (χ1n) is 9.48. The van der Waals surface area contributed by atoms with Crippen LogP contribution in [-0.4, -0.2) is 33.9 Å².